The molecule has 5 heterocycles. The normalized spacial score (nSPS) is 21.6. The van der Waals surface area contributed by atoms with Crippen LogP contribution in [0.15, 0.2) is 129 Å². The van der Waals surface area contributed by atoms with Crippen LogP contribution in [0.25, 0.3) is 5.57 Å². The number of thioether (sulfide) groups is 1. The highest BCUT2D eigenvalue weighted by atomic mass is 35.5. The molecule has 25 heteroatoms. The summed E-state index contributed by atoms with van der Waals surface area (Å²) in [6, 6.07) is 26.6. The van der Waals surface area contributed by atoms with Crippen molar-refractivity contribution in [2.45, 2.75) is 116 Å². The molecule has 0 aromatic heterocycles. The summed E-state index contributed by atoms with van der Waals surface area (Å²) in [6.07, 6.45) is 4.72. The molecule has 3 unspecified atom stereocenters. The number of carbonyl (C=O) groups is 5. The van der Waals surface area contributed by atoms with Gasteiger partial charge < -0.3 is 15.1 Å². The van der Waals surface area contributed by atoms with Crippen molar-refractivity contribution in [3.8, 4) is 0 Å². The zero-order chi connectivity index (χ0) is 62.5. The van der Waals surface area contributed by atoms with Crippen LogP contribution in [0.4, 0.5) is 28.9 Å². The summed E-state index contributed by atoms with van der Waals surface area (Å²) in [7, 11) is -11.2. The van der Waals surface area contributed by atoms with Crippen molar-refractivity contribution in [3.63, 3.8) is 0 Å². The van der Waals surface area contributed by atoms with E-state index in [1.54, 1.807) is 12.1 Å². The second-order valence-electron chi connectivity index (χ2n) is 24.3. The quantitative estimate of drug-likeness (QED) is 0.0400. The van der Waals surface area contributed by atoms with Crippen LogP contribution < -0.4 is 20.3 Å². The van der Waals surface area contributed by atoms with Gasteiger partial charge in [0.1, 0.15) is 16.8 Å². The Hall–Kier alpha value is -6.67. The highest BCUT2D eigenvalue weighted by Gasteiger charge is 2.50. The summed E-state index contributed by atoms with van der Waals surface area (Å²) in [4.78, 5) is 73.1. The number of nitrogens with one attached hydrogen (secondary N) is 3. The van der Waals surface area contributed by atoms with Gasteiger partial charge in [0, 0.05) is 116 Å². The van der Waals surface area contributed by atoms with E-state index in [0.29, 0.717) is 50.2 Å². The van der Waals surface area contributed by atoms with Gasteiger partial charge in [0.2, 0.25) is 11.8 Å². The SMILES string of the molecule is CC1(C)CCC(c2ccc(Cl)cc2)=C(CN2CCN(c3ccc(C(=O)NS(=O)(=O)c4ccc(N[C@H](CCN5CC6CCC(C5)N6Cc5ccc6c(c5F)C(=O)N(C5CCC(=O)NC5=O)C6=O)CSc5ccccc5)c(S(=O)(=O)C(F)(F)F)c4)cc3)CC2)C1. The smallest absolute Gasteiger partial charge is 0.380 e. The molecule has 1 aliphatic carbocycles. The zero-order valence-corrected chi connectivity index (χ0v) is 51.7. The van der Waals surface area contributed by atoms with Crippen molar-refractivity contribution in [1.29, 1.82) is 0 Å². The average molecular weight is 1290 g/mol. The maximum Gasteiger partial charge on any atom is 0.501 e. The third-order valence-electron chi connectivity index (χ3n) is 17.8. The highest BCUT2D eigenvalue weighted by Crippen LogP contribution is 2.44. The molecule has 0 saturated carbocycles. The maximum atomic E-state index is 16.4. The van der Waals surface area contributed by atoms with Crippen molar-refractivity contribution >= 4 is 89.7 Å². The number of piperidine rings is 1. The lowest BCUT2D eigenvalue weighted by molar-refractivity contribution is -0.136. The molecule has 466 valence electrons. The number of piperazine rings is 2. The van der Waals surface area contributed by atoms with Gasteiger partial charge in [-0.05, 0) is 134 Å². The number of likely N-dealkylation sites (tertiary alicyclic amines) is 1. The van der Waals surface area contributed by atoms with Crippen LogP contribution in [0.3, 0.4) is 0 Å². The number of halogens is 5. The molecule has 6 aliphatic rings. The number of hydrogen-bond donors (Lipinski definition) is 3. The maximum absolute atomic E-state index is 16.4. The van der Waals surface area contributed by atoms with Crippen molar-refractivity contribution in [2.75, 3.05) is 68.3 Å². The van der Waals surface area contributed by atoms with Crippen LogP contribution in [0.1, 0.15) is 107 Å². The fraction of sp³-hybridized carbons (Fsp3) is 0.413. The molecule has 3 N–H and O–H groups in total. The van der Waals surface area contributed by atoms with Gasteiger partial charge >= 0.3 is 5.51 Å². The Morgan fingerprint density at radius 2 is 1.50 bits per heavy atom. The molecule has 4 fully saturated rings. The van der Waals surface area contributed by atoms with Gasteiger partial charge in [0.05, 0.1) is 21.7 Å². The summed E-state index contributed by atoms with van der Waals surface area (Å²) in [6.45, 7) is 9.96. The van der Waals surface area contributed by atoms with E-state index >= 15 is 4.39 Å². The number of anilines is 2. The fourth-order valence-corrected chi connectivity index (χ4v) is 16.2. The van der Waals surface area contributed by atoms with Gasteiger partial charge in [0.15, 0.2) is 0 Å². The van der Waals surface area contributed by atoms with Gasteiger partial charge in [-0.25, -0.2) is 25.9 Å². The minimum atomic E-state index is -6.20. The Bertz CT molecular complexity index is 3800. The summed E-state index contributed by atoms with van der Waals surface area (Å²) < 4.78 is 117. The van der Waals surface area contributed by atoms with Crippen LogP contribution in [0.2, 0.25) is 5.02 Å². The lowest BCUT2D eigenvalue weighted by atomic mass is 9.73. The Morgan fingerprint density at radius 3 is 2.17 bits per heavy atom. The Balaban J connectivity index is 0.741. The largest absolute Gasteiger partial charge is 0.501 e. The second kappa shape index (κ2) is 25.3. The van der Waals surface area contributed by atoms with E-state index in [1.807, 2.05) is 47.2 Å². The first-order valence-corrected chi connectivity index (χ1v) is 33.7. The van der Waals surface area contributed by atoms with Crippen LogP contribution in [0.5, 0.6) is 0 Å². The van der Waals surface area contributed by atoms with Crippen molar-refractivity contribution in [3.05, 3.63) is 153 Å². The minimum Gasteiger partial charge on any atom is -0.380 e. The molecule has 11 rings (SSSR count). The van der Waals surface area contributed by atoms with E-state index in [2.05, 4.69) is 56.2 Å². The van der Waals surface area contributed by atoms with Gasteiger partial charge in [-0.15, -0.1) is 11.8 Å². The van der Waals surface area contributed by atoms with Crippen molar-refractivity contribution in [1.82, 2.24) is 29.6 Å². The zero-order valence-electron chi connectivity index (χ0n) is 48.5. The number of allylic oxidation sites excluding steroid dienone is 1. The number of amides is 5. The molecule has 5 amide bonds. The number of imide groups is 2. The highest BCUT2D eigenvalue weighted by molar-refractivity contribution is 7.99. The lowest BCUT2D eigenvalue weighted by Crippen LogP contribution is -2.54. The molecule has 4 saturated heterocycles. The van der Waals surface area contributed by atoms with Gasteiger partial charge in [0.25, 0.3) is 37.6 Å². The van der Waals surface area contributed by atoms with Crippen LogP contribution in [-0.4, -0.2) is 154 Å². The molecule has 17 nitrogen and oxygen atoms in total. The Labute approximate surface area is 518 Å². The first kappa shape index (κ1) is 62.9. The summed E-state index contributed by atoms with van der Waals surface area (Å²) in [5.74, 6) is -4.79. The molecule has 88 heavy (non-hydrogen) atoms. The van der Waals surface area contributed by atoms with Crippen molar-refractivity contribution in [2.24, 2.45) is 5.41 Å². The van der Waals surface area contributed by atoms with Crippen molar-refractivity contribution < 1.29 is 58.4 Å². The van der Waals surface area contributed by atoms with E-state index in [9.17, 15) is 54.0 Å². The van der Waals surface area contributed by atoms with Gasteiger partial charge in [-0.3, -0.25) is 44.0 Å². The van der Waals surface area contributed by atoms with Crippen LogP contribution in [0, 0.1) is 11.2 Å². The summed E-state index contributed by atoms with van der Waals surface area (Å²) in [5.41, 5.74) is -1.79. The molecular formula is C63H67ClF4N8O9S3. The fourth-order valence-electron chi connectivity index (χ4n) is 13.1. The van der Waals surface area contributed by atoms with E-state index < -0.39 is 93.8 Å². The molecule has 5 aromatic rings. The number of rotatable bonds is 19. The predicted molar refractivity (Wildman–Crippen MR) is 326 cm³/mol. The number of sulfone groups is 1. The predicted octanol–water partition coefficient (Wildman–Crippen LogP) is 9.39. The number of sulfonamides is 1. The van der Waals surface area contributed by atoms with E-state index in [1.165, 1.54) is 52.7 Å². The molecule has 0 spiro atoms. The summed E-state index contributed by atoms with van der Waals surface area (Å²) in [5, 5.41) is 5.85. The van der Waals surface area contributed by atoms with E-state index in [0.717, 1.165) is 79.4 Å². The Kier molecular flexibility index (Phi) is 18.1. The molecule has 2 bridgehead atoms. The monoisotopic (exact) mass is 1290 g/mol. The lowest BCUT2D eigenvalue weighted by Gasteiger charge is -2.41. The minimum absolute atomic E-state index is 0.0480. The number of carbonyl (C=O) groups excluding carboxylic acids is 5. The second-order valence-corrected chi connectivity index (χ2v) is 29.4. The molecule has 5 aliphatic heterocycles. The van der Waals surface area contributed by atoms with E-state index in [-0.39, 0.29) is 59.3 Å². The number of nitrogens with zero attached hydrogens (tertiary/aromatic N) is 5. The number of benzene rings is 5. The van der Waals surface area contributed by atoms with E-state index in [4.69, 9.17) is 11.6 Å². The molecule has 4 atom stereocenters. The molecule has 0 radical (unpaired) electrons. The standard InChI is InChI=1S/C63H67ClF4N8O9S3/c1-62(2)26-24-50(39-8-13-43(64)14-9-39)42(33-62)34-72-28-30-74(31-29-72)45-15-10-40(11-16-45)58(78)71-88(84,85)49-19-21-52(54(32-49)87(82,83)63(66,67)68)69-44(38-86-48-6-4-3-5-7-48)25-27-73-36-46-17-18-47(37-73)75(46)35-41-12-20-51-56(57(41)65)61(81)76(60(51)80)53-22-23-55(77)70-59(53)79/h3-16,19-21,32,44,46-47,53,69H,17-18,22-31,33-38H2,1-2H3,(H,71,78)(H,70,77,79)/t44-,46?,47?,53?/m1/s1. The molecular weight excluding hydrogens is 1220 g/mol. The van der Waals surface area contributed by atoms with Crippen LogP contribution in [-0.2, 0) is 36.0 Å². The Morgan fingerprint density at radius 1 is 0.807 bits per heavy atom. The average Bonchev–Trinajstić information content (AvgIpc) is 1.50. The molecule has 5 aromatic carbocycles. The third-order valence-corrected chi connectivity index (χ3v) is 22.0. The van der Waals surface area contributed by atoms with Crippen LogP contribution >= 0.6 is 23.4 Å². The number of alkyl halides is 3. The topological polar surface area (TPSA) is 206 Å². The van der Waals surface area contributed by atoms with Gasteiger partial charge in [-0.2, -0.15) is 13.2 Å². The number of fused-ring (bicyclic) bond motifs is 3. The third kappa shape index (κ3) is 13.4. The first-order valence-electron chi connectivity index (χ1n) is 29.3. The number of hydrogen-bond acceptors (Lipinski definition) is 15. The van der Waals surface area contributed by atoms with Gasteiger partial charge in [-0.1, -0.05) is 67.4 Å². The first-order chi connectivity index (χ1) is 41.8. The summed E-state index contributed by atoms with van der Waals surface area (Å²) >= 11 is 7.60.